The normalized spacial score (nSPS) is 16.8. The fraction of sp³-hybridized carbons (Fsp3) is 0.556. The summed E-state index contributed by atoms with van der Waals surface area (Å²) in [6.45, 7) is 4.75. The molecule has 10 heteroatoms. The number of halogens is 1. The van der Waals surface area contributed by atoms with Crippen molar-refractivity contribution in [1.29, 1.82) is 0 Å². The molecule has 2 N–H and O–H groups in total. The number of piperazine rings is 1. The van der Waals surface area contributed by atoms with E-state index in [0.717, 1.165) is 11.0 Å². The van der Waals surface area contributed by atoms with Crippen molar-refractivity contribution in [1.82, 2.24) is 14.5 Å². The number of carbonyl (C=O) groups excluding carboxylic acids is 2. The summed E-state index contributed by atoms with van der Waals surface area (Å²) in [4.78, 5) is 26.2. The lowest BCUT2D eigenvalue weighted by atomic mass is 10.3. The van der Waals surface area contributed by atoms with E-state index < -0.39 is 15.8 Å². The average molecular weight is 416 g/mol. The third-order valence-corrected chi connectivity index (χ3v) is 6.34. The first-order valence-corrected chi connectivity index (χ1v) is 10.7. The number of nitrogens with one attached hydrogen (secondary N) is 2. The van der Waals surface area contributed by atoms with E-state index in [2.05, 4.69) is 5.32 Å². The van der Waals surface area contributed by atoms with Crippen molar-refractivity contribution < 1.29 is 27.3 Å². The van der Waals surface area contributed by atoms with Crippen LogP contribution in [0.2, 0.25) is 0 Å². The number of carbonyl (C=O) groups is 2. The minimum absolute atomic E-state index is 0.0421. The lowest BCUT2D eigenvalue weighted by Gasteiger charge is -2.34. The molecular weight excluding hydrogens is 387 g/mol. The molecule has 1 saturated heterocycles. The van der Waals surface area contributed by atoms with Gasteiger partial charge in [-0.15, -0.1) is 0 Å². The van der Waals surface area contributed by atoms with Crippen LogP contribution in [0.1, 0.15) is 13.8 Å². The molecule has 0 spiro atoms. The number of sulfonamides is 1. The second-order valence-electron chi connectivity index (χ2n) is 7.25. The first-order valence-electron chi connectivity index (χ1n) is 9.24. The van der Waals surface area contributed by atoms with E-state index in [1.807, 2.05) is 13.8 Å². The summed E-state index contributed by atoms with van der Waals surface area (Å²) in [5, 5.41) is 2.78. The molecule has 0 saturated carbocycles. The topological polar surface area (TPSA) is 91.2 Å². The summed E-state index contributed by atoms with van der Waals surface area (Å²) < 4.78 is 40.3. The van der Waals surface area contributed by atoms with E-state index in [9.17, 15) is 22.4 Å². The summed E-state index contributed by atoms with van der Waals surface area (Å²) in [5.74, 6) is -1.05. The number of quaternary nitrogens is 1. The Hall–Kier alpha value is -2.04. The Labute approximate surface area is 165 Å². The zero-order chi connectivity index (χ0) is 20.9. The van der Waals surface area contributed by atoms with Gasteiger partial charge in [0.15, 0.2) is 13.1 Å². The fourth-order valence-corrected chi connectivity index (χ4v) is 4.54. The van der Waals surface area contributed by atoms with Crippen LogP contribution in [-0.2, 0) is 19.6 Å². The second kappa shape index (κ2) is 9.44. The predicted molar refractivity (Wildman–Crippen MR) is 102 cm³/mol. The maximum Gasteiger partial charge on any atom is 0.277 e. The molecule has 0 radical (unpaired) electrons. The monoisotopic (exact) mass is 415 g/mol. The molecule has 1 heterocycles. The van der Waals surface area contributed by atoms with Gasteiger partial charge in [-0.25, -0.2) is 12.8 Å². The molecule has 0 aliphatic carbocycles. The van der Waals surface area contributed by atoms with E-state index in [0.29, 0.717) is 0 Å². The number of hydrogen-bond acceptors (Lipinski definition) is 4. The van der Waals surface area contributed by atoms with Crippen LogP contribution in [0.25, 0.3) is 0 Å². The second-order valence-corrected chi connectivity index (χ2v) is 9.15. The molecular formula is C18H28FN4O4S+. The molecule has 1 unspecified atom stereocenters. The first-order chi connectivity index (χ1) is 13.1. The van der Waals surface area contributed by atoms with Crippen molar-refractivity contribution in [2.45, 2.75) is 24.8 Å². The highest BCUT2D eigenvalue weighted by Gasteiger charge is 2.32. The van der Waals surface area contributed by atoms with Crippen LogP contribution in [0, 0.1) is 5.82 Å². The van der Waals surface area contributed by atoms with Gasteiger partial charge in [-0.3, -0.25) is 9.59 Å². The standard InChI is InChI=1S/C18H27FN4O4S/c1-14(2)20-17(24)12-21(3)13-18(25)22-8-10-23(11-9-22)28(26,27)16-7-5-4-6-15(16)19/h4-7,14H,8-13H2,1-3H3,(H,20,24)/p+1. The Morgan fingerprint density at radius 2 is 1.75 bits per heavy atom. The largest absolute Gasteiger partial charge is 0.349 e. The van der Waals surface area contributed by atoms with Crippen LogP contribution in [0.4, 0.5) is 4.39 Å². The molecule has 1 fully saturated rings. The van der Waals surface area contributed by atoms with Gasteiger partial charge < -0.3 is 15.1 Å². The van der Waals surface area contributed by atoms with Gasteiger partial charge in [0.1, 0.15) is 10.7 Å². The highest BCUT2D eigenvalue weighted by molar-refractivity contribution is 7.89. The number of benzene rings is 1. The van der Waals surface area contributed by atoms with Gasteiger partial charge >= 0.3 is 0 Å². The van der Waals surface area contributed by atoms with E-state index in [4.69, 9.17) is 0 Å². The zero-order valence-corrected chi connectivity index (χ0v) is 17.3. The van der Waals surface area contributed by atoms with Gasteiger partial charge in [-0.1, -0.05) is 12.1 Å². The van der Waals surface area contributed by atoms with E-state index >= 15 is 0 Å². The molecule has 1 aliphatic heterocycles. The quantitative estimate of drug-likeness (QED) is 0.579. The first kappa shape index (κ1) is 22.3. The summed E-state index contributed by atoms with van der Waals surface area (Å²) in [7, 11) is -2.17. The molecule has 28 heavy (non-hydrogen) atoms. The maximum atomic E-state index is 13.9. The number of amides is 2. The Morgan fingerprint density at radius 3 is 2.32 bits per heavy atom. The number of rotatable bonds is 7. The molecule has 156 valence electrons. The summed E-state index contributed by atoms with van der Waals surface area (Å²) in [5.41, 5.74) is 0. The van der Waals surface area contributed by atoms with Crippen molar-refractivity contribution in [2.24, 2.45) is 0 Å². The Kier molecular flexibility index (Phi) is 7.50. The molecule has 2 amide bonds. The van der Waals surface area contributed by atoms with Crippen LogP contribution >= 0.6 is 0 Å². The molecule has 1 aromatic carbocycles. The molecule has 8 nitrogen and oxygen atoms in total. The molecule has 1 aliphatic rings. The SMILES string of the molecule is CC(C)NC(=O)C[NH+](C)CC(=O)N1CCN(S(=O)(=O)c2ccccc2F)CC1. The van der Waals surface area contributed by atoms with E-state index in [1.54, 1.807) is 11.9 Å². The highest BCUT2D eigenvalue weighted by atomic mass is 32.2. The number of hydrogen-bond donors (Lipinski definition) is 2. The average Bonchev–Trinajstić information content (AvgIpc) is 2.61. The molecule has 0 bridgehead atoms. The lowest BCUT2D eigenvalue weighted by molar-refractivity contribution is -0.863. The third kappa shape index (κ3) is 5.73. The Balaban J connectivity index is 1.88. The summed E-state index contributed by atoms with van der Waals surface area (Å²) in [6, 6.07) is 5.30. The maximum absolute atomic E-state index is 13.9. The van der Waals surface area contributed by atoms with E-state index in [1.165, 1.54) is 22.5 Å². The van der Waals surface area contributed by atoms with Crippen molar-refractivity contribution in [3.8, 4) is 0 Å². The van der Waals surface area contributed by atoms with Crippen molar-refractivity contribution >= 4 is 21.8 Å². The fourth-order valence-electron chi connectivity index (χ4n) is 3.05. The van der Waals surface area contributed by atoms with Crippen molar-refractivity contribution in [3.05, 3.63) is 30.1 Å². The zero-order valence-electron chi connectivity index (χ0n) is 16.4. The Bertz CT molecular complexity index is 808. The van der Waals surface area contributed by atoms with Crippen LogP contribution in [-0.4, -0.2) is 81.8 Å². The smallest absolute Gasteiger partial charge is 0.277 e. The van der Waals surface area contributed by atoms with E-state index in [-0.39, 0.29) is 62.0 Å². The van der Waals surface area contributed by atoms with Crippen LogP contribution in [0.15, 0.2) is 29.2 Å². The molecule has 1 atom stereocenters. The minimum atomic E-state index is -3.93. The highest BCUT2D eigenvalue weighted by Crippen LogP contribution is 2.20. The Morgan fingerprint density at radius 1 is 1.14 bits per heavy atom. The number of likely N-dealkylation sites (N-methyl/N-ethyl adjacent to an activating group) is 1. The minimum Gasteiger partial charge on any atom is -0.349 e. The van der Waals surface area contributed by atoms with Crippen molar-refractivity contribution in [3.63, 3.8) is 0 Å². The third-order valence-electron chi connectivity index (χ3n) is 4.41. The van der Waals surface area contributed by atoms with Gasteiger partial charge in [0.2, 0.25) is 10.0 Å². The van der Waals surface area contributed by atoms with Gasteiger partial charge in [0.05, 0.1) is 7.05 Å². The van der Waals surface area contributed by atoms with Crippen LogP contribution < -0.4 is 10.2 Å². The van der Waals surface area contributed by atoms with Crippen LogP contribution in [0.5, 0.6) is 0 Å². The van der Waals surface area contributed by atoms with Crippen LogP contribution in [0.3, 0.4) is 0 Å². The van der Waals surface area contributed by atoms with Gasteiger partial charge in [-0.2, -0.15) is 4.31 Å². The van der Waals surface area contributed by atoms with Gasteiger partial charge in [-0.05, 0) is 26.0 Å². The number of nitrogens with zero attached hydrogens (tertiary/aromatic N) is 2. The predicted octanol–water partition coefficient (Wildman–Crippen LogP) is -1.30. The van der Waals surface area contributed by atoms with Gasteiger partial charge in [0.25, 0.3) is 11.8 Å². The summed E-state index contributed by atoms with van der Waals surface area (Å²) in [6.07, 6.45) is 0. The van der Waals surface area contributed by atoms with Gasteiger partial charge in [0, 0.05) is 32.2 Å². The molecule has 2 rings (SSSR count). The van der Waals surface area contributed by atoms with Crippen molar-refractivity contribution in [2.75, 3.05) is 46.3 Å². The lowest BCUT2D eigenvalue weighted by Crippen LogP contribution is -3.11. The molecule has 1 aromatic rings. The molecule has 0 aromatic heterocycles. The summed E-state index contributed by atoms with van der Waals surface area (Å²) >= 11 is 0.